The summed E-state index contributed by atoms with van der Waals surface area (Å²) in [5.74, 6) is -0.0729. The van der Waals surface area contributed by atoms with E-state index in [0.717, 1.165) is 24.0 Å². The van der Waals surface area contributed by atoms with Crippen molar-refractivity contribution in [2.24, 2.45) is 0 Å². The van der Waals surface area contributed by atoms with E-state index >= 15 is 0 Å². The Labute approximate surface area is 163 Å². The van der Waals surface area contributed by atoms with Crippen LogP contribution in [0, 0.1) is 0 Å². The minimum Gasteiger partial charge on any atom is -0.368 e. The van der Waals surface area contributed by atoms with E-state index in [2.05, 4.69) is 16.0 Å². The van der Waals surface area contributed by atoms with E-state index in [9.17, 15) is 9.59 Å². The molecule has 142 valence electrons. The van der Waals surface area contributed by atoms with Gasteiger partial charge >= 0.3 is 6.03 Å². The van der Waals surface area contributed by atoms with Gasteiger partial charge in [-0.05, 0) is 48.2 Å². The van der Waals surface area contributed by atoms with E-state index < -0.39 is 0 Å². The molecule has 1 aliphatic heterocycles. The van der Waals surface area contributed by atoms with Crippen LogP contribution >= 0.6 is 11.6 Å². The minimum atomic E-state index is -0.324. The Hall–Kier alpha value is -2.57. The molecule has 7 heteroatoms. The maximum absolute atomic E-state index is 12.0. The lowest BCUT2D eigenvalue weighted by molar-refractivity contribution is -0.130. The lowest BCUT2D eigenvalue weighted by atomic mass is 10.2. The maximum Gasteiger partial charge on any atom is 0.319 e. The molecule has 1 saturated heterocycles. The molecule has 2 aromatic carbocycles. The lowest BCUT2D eigenvalue weighted by Gasteiger charge is -2.11. The van der Waals surface area contributed by atoms with Crippen LogP contribution in [0.4, 0.5) is 10.5 Å². The molecule has 2 aromatic rings. The number of urea groups is 1. The first-order valence-electron chi connectivity index (χ1n) is 8.88. The molecule has 1 fully saturated rings. The zero-order valence-electron chi connectivity index (χ0n) is 14.8. The van der Waals surface area contributed by atoms with Crippen molar-refractivity contribution in [1.29, 1.82) is 0 Å². The van der Waals surface area contributed by atoms with Crippen LogP contribution in [-0.4, -0.2) is 24.6 Å². The van der Waals surface area contributed by atoms with Crippen LogP contribution in [0.2, 0.25) is 5.02 Å². The molecule has 27 heavy (non-hydrogen) atoms. The minimum absolute atomic E-state index is 0.0729. The number of amides is 3. The molecular weight excluding hydrogens is 366 g/mol. The zero-order valence-corrected chi connectivity index (χ0v) is 15.6. The number of nitrogens with one attached hydrogen (secondary N) is 3. The second kappa shape index (κ2) is 9.39. The summed E-state index contributed by atoms with van der Waals surface area (Å²) >= 11 is 5.84. The van der Waals surface area contributed by atoms with Gasteiger partial charge in [-0.25, -0.2) is 4.79 Å². The number of carbonyl (C=O) groups excluding carboxylic acids is 2. The molecule has 0 bridgehead atoms. The van der Waals surface area contributed by atoms with E-state index in [1.165, 1.54) is 0 Å². The second-order valence-corrected chi connectivity index (χ2v) is 6.79. The van der Waals surface area contributed by atoms with E-state index in [1.807, 2.05) is 24.3 Å². The van der Waals surface area contributed by atoms with Gasteiger partial charge in [0.1, 0.15) is 6.10 Å². The van der Waals surface area contributed by atoms with Gasteiger partial charge in [0, 0.05) is 30.4 Å². The van der Waals surface area contributed by atoms with Crippen molar-refractivity contribution in [2.45, 2.75) is 32.0 Å². The van der Waals surface area contributed by atoms with Gasteiger partial charge in [0.05, 0.1) is 0 Å². The summed E-state index contributed by atoms with van der Waals surface area (Å²) in [6.45, 7) is 1.50. The van der Waals surface area contributed by atoms with Crippen molar-refractivity contribution in [1.82, 2.24) is 10.6 Å². The quantitative estimate of drug-likeness (QED) is 0.710. The Balaban J connectivity index is 1.42. The van der Waals surface area contributed by atoms with Gasteiger partial charge in [-0.3, -0.25) is 4.79 Å². The van der Waals surface area contributed by atoms with Crippen molar-refractivity contribution in [2.75, 3.05) is 11.9 Å². The number of rotatable bonds is 6. The maximum atomic E-state index is 12.0. The molecule has 0 spiro atoms. The highest BCUT2D eigenvalue weighted by Gasteiger charge is 2.22. The molecule has 1 atom stereocenters. The molecule has 1 heterocycles. The standard InChI is InChI=1S/C20H22ClN3O3/c21-16-7-3-14(4-8-16)13-23-20(26)24-17-9-5-15(6-10-17)12-22-19(25)18-2-1-11-27-18/h3-10,18H,1-2,11-13H2,(H,22,25)(H2,23,24,26)/t18-/m1/s1. The Kier molecular flexibility index (Phi) is 6.68. The molecule has 0 aromatic heterocycles. The van der Waals surface area contributed by atoms with Gasteiger partial charge in [-0.1, -0.05) is 35.9 Å². The smallest absolute Gasteiger partial charge is 0.319 e. The Morgan fingerprint density at radius 2 is 1.59 bits per heavy atom. The summed E-state index contributed by atoms with van der Waals surface area (Å²) < 4.78 is 5.35. The molecule has 6 nitrogen and oxygen atoms in total. The van der Waals surface area contributed by atoms with Gasteiger partial charge < -0.3 is 20.7 Å². The van der Waals surface area contributed by atoms with Gasteiger partial charge in [-0.2, -0.15) is 0 Å². The van der Waals surface area contributed by atoms with Gasteiger partial charge in [-0.15, -0.1) is 0 Å². The largest absolute Gasteiger partial charge is 0.368 e. The van der Waals surface area contributed by atoms with E-state index in [-0.39, 0.29) is 18.0 Å². The zero-order chi connectivity index (χ0) is 19.1. The number of hydrogen-bond acceptors (Lipinski definition) is 3. The normalized spacial score (nSPS) is 16.0. The topological polar surface area (TPSA) is 79.5 Å². The third-order valence-electron chi connectivity index (χ3n) is 4.27. The fourth-order valence-corrected chi connectivity index (χ4v) is 2.88. The van der Waals surface area contributed by atoms with Crippen LogP contribution in [0.25, 0.3) is 0 Å². The number of benzene rings is 2. The van der Waals surface area contributed by atoms with Crippen LogP contribution < -0.4 is 16.0 Å². The highest BCUT2D eigenvalue weighted by molar-refractivity contribution is 6.30. The summed E-state index contributed by atoms with van der Waals surface area (Å²) in [6, 6.07) is 14.3. The molecule has 0 aliphatic carbocycles. The molecular formula is C20H22ClN3O3. The fourth-order valence-electron chi connectivity index (χ4n) is 2.75. The molecule has 3 amide bonds. The van der Waals surface area contributed by atoms with Crippen LogP contribution in [0.15, 0.2) is 48.5 Å². The molecule has 3 N–H and O–H groups in total. The number of carbonyl (C=O) groups is 2. The van der Waals surface area contributed by atoms with Gasteiger partial charge in [0.15, 0.2) is 0 Å². The Bertz CT molecular complexity index is 772. The second-order valence-electron chi connectivity index (χ2n) is 6.35. The molecule has 0 saturated carbocycles. The third kappa shape index (κ3) is 5.98. The third-order valence-corrected chi connectivity index (χ3v) is 4.52. The number of ether oxygens (including phenoxy) is 1. The number of hydrogen-bond donors (Lipinski definition) is 3. The Morgan fingerprint density at radius 3 is 2.22 bits per heavy atom. The highest BCUT2D eigenvalue weighted by atomic mass is 35.5. The predicted molar refractivity (Wildman–Crippen MR) is 105 cm³/mol. The summed E-state index contributed by atoms with van der Waals surface area (Å²) in [4.78, 5) is 23.9. The fraction of sp³-hybridized carbons (Fsp3) is 0.300. The van der Waals surface area contributed by atoms with E-state index in [1.54, 1.807) is 24.3 Å². The SMILES string of the molecule is O=C(NCc1ccc(Cl)cc1)Nc1ccc(CNC(=O)[C@H]2CCCO2)cc1. The molecule has 0 radical (unpaired) electrons. The first kappa shape index (κ1) is 19.2. The molecule has 1 aliphatic rings. The average molecular weight is 388 g/mol. The summed E-state index contributed by atoms with van der Waals surface area (Å²) in [6.07, 6.45) is 1.38. The summed E-state index contributed by atoms with van der Waals surface area (Å²) in [5.41, 5.74) is 2.60. The highest BCUT2D eigenvalue weighted by Crippen LogP contribution is 2.13. The Morgan fingerprint density at radius 1 is 0.963 bits per heavy atom. The number of anilines is 1. The van der Waals surface area contributed by atoms with E-state index in [0.29, 0.717) is 30.4 Å². The van der Waals surface area contributed by atoms with Gasteiger partial charge in [0.25, 0.3) is 0 Å². The van der Waals surface area contributed by atoms with Crippen LogP contribution in [0.5, 0.6) is 0 Å². The summed E-state index contributed by atoms with van der Waals surface area (Å²) in [7, 11) is 0. The van der Waals surface area contributed by atoms with Crippen LogP contribution in [0.3, 0.4) is 0 Å². The summed E-state index contributed by atoms with van der Waals surface area (Å²) in [5, 5.41) is 9.10. The van der Waals surface area contributed by atoms with Crippen molar-refractivity contribution in [3.63, 3.8) is 0 Å². The van der Waals surface area contributed by atoms with Crippen molar-refractivity contribution >= 4 is 29.2 Å². The van der Waals surface area contributed by atoms with E-state index in [4.69, 9.17) is 16.3 Å². The lowest BCUT2D eigenvalue weighted by Crippen LogP contribution is -2.33. The van der Waals surface area contributed by atoms with Crippen LogP contribution in [-0.2, 0) is 22.6 Å². The van der Waals surface area contributed by atoms with Crippen molar-refractivity contribution in [3.05, 3.63) is 64.7 Å². The average Bonchev–Trinajstić information content (AvgIpc) is 3.22. The molecule has 0 unspecified atom stereocenters. The van der Waals surface area contributed by atoms with Gasteiger partial charge in [0.2, 0.25) is 5.91 Å². The molecule has 3 rings (SSSR count). The van der Waals surface area contributed by atoms with Crippen LogP contribution in [0.1, 0.15) is 24.0 Å². The first-order valence-corrected chi connectivity index (χ1v) is 9.25. The monoisotopic (exact) mass is 387 g/mol. The van der Waals surface area contributed by atoms with Crippen molar-refractivity contribution in [3.8, 4) is 0 Å². The van der Waals surface area contributed by atoms with Crippen molar-refractivity contribution < 1.29 is 14.3 Å². The number of halogens is 1. The predicted octanol–water partition coefficient (Wildman–Crippen LogP) is 3.46. The first-order chi connectivity index (χ1) is 13.1.